The molecule has 0 unspecified atom stereocenters. The fourth-order valence-corrected chi connectivity index (χ4v) is 9.29. The number of fused-ring (bicyclic) bond motifs is 8. The van der Waals surface area contributed by atoms with Crippen LogP contribution in [0.25, 0.3) is 65.4 Å². The van der Waals surface area contributed by atoms with Crippen molar-refractivity contribution in [3.05, 3.63) is 191 Å². The summed E-state index contributed by atoms with van der Waals surface area (Å²) in [7, 11) is 0. The molecule has 9 aromatic carbocycles. The van der Waals surface area contributed by atoms with Gasteiger partial charge in [0.1, 0.15) is 22.3 Å². The highest BCUT2D eigenvalue weighted by molar-refractivity contribution is 6.20. The third kappa shape index (κ3) is 6.13. The lowest BCUT2D eigenvalue weighted by molar-refractivity contribution is 0.662. The van der Waals surface area contributed by atoms with Crippen molar-refractivity contribution in [3.63, 3.8) is 0 Å². The van der Waals surface area contributed by atoms with Gasteiger partial charge in [-0.25, -0.2) is 0 Å². The van der Waals surface area contributed by atoms with Crippen LogP contribution in [0, 0.1) is 48.5 Å². The molecule has 11 rings (SSSR count). The standard InChI is InChI=1S/C57H46N2O2/c1-33-10-18-44(19-11-33)58(51-24-35(3)8-14-37(51)5)46-22-16-40-28-48-49-32-55-56(39(7)57(49)61-53(48)30-42(40)26-46)50-29-41-17-23-47(27-43(41)31-54(50)60-55)59(45-20-12-34(2)13-21-45)52-25-36(4)9-15-38(52)6/h8-32H,1-7H3. The predicted octanol–water partition coefficient (Wildman–Crippen LogP) is 16.9. The summed E-state index contributed by atoms with van der Waals surface area (Å²) in [6.07, 6.45) is 0. The maximum Gasteiger partial charge on any atom is 0.139 e. The average Bonchev–Trinajstić information content (AvgIpc) is 3.80. The Morgan fingerprint density at radius 1 is 0.328 bits per heavy atom. The van der Waals surface area contributed by atoms with Crippen LogP contribution in [-0.4, -0.2) is 0 Å². The molecule has 0 atom stereocenters. The summed E-state index contributed by atoms with van der Waals surface area (Å²) in [4.78, 5) is 4.73. The molecular weight excluding hydrogens is 745 g/mol. The number of benzene rings is 9. The van der Waals surface area contributed by atoms with Crippen molar-refractivity contribution in [3.8, 4) is 0 Å². The van der Waals surface area contributed by atoms with E-state index in [1.54, 1.807) is 0 Å². The molecule has 4 nitrogen and oxygen atoms in total. The van der Waals surface area contributed by atoms with E-state index in [-0.39, 0.29) is 0 Å². The molecule has 2 aromatic heterocycles. The van der Waals surface area contributed by atoms with Gasteiger partial charge in [-0.1, -0.05) is 71.8 Å². The Hall–Kier alpha value is -7.30. The molecule has 296 valence electrons. The lowest BCUT2D eigenvalue weighted by atomic mass is 10.00. The average molecular weight is 791 g/mol. The number of hydrogen-bond acceptors (Lipinski definition) is 4. The molecule has 0 bridgehead atoms. The van der Waals surface area contributed by atoms with Gasteiger partial charge >= 0.3 is 0 Å². The van der Waals surface area contributed by atoms with E-state index in [0.717, 1.165) is 93.7 Å². The zero-order chi connectivity index (χ0) is 41.7. The van der Waals surface area contributed by atoms with E-state index in [9.17, 15) is 0 Å². The molecule has 0 radical (unpaired) electrons. The van der Waals surface area contributed by atoms with Gasteiger partial charge in [0, 0.05) is 61.2 Å². The Balaban J connectivity index is 1.03. The molecule has 0 aliphatic heterocycles. The van der Waals surface area contributed by atoms with E-state index in [1.165, 1.54) is 44.8 Å². The van der Waals surface area contributed by atoms with Gasteiger partial charge in [0.15, 0.2) is 0 Å². The van der Waals surface area contributed by atoms with Gasteiger partial charge in [-0.3, -0.25) is 0 Å². The summed E-state index contributed by atoms with van der Waals surface area (Å²) in [6, 6.07) is 55.5. The quantitative estimate of drug-likeness (QED) is 0.168. The fourth-order valence-electron chi connectivity index (χ4n) is 9.29. The molecule has 2 heterocycles. The zero-order valence-corrected chi connectivity index (χ0v) is 35.6. The number of anilines is 6. The van der Waals surface area contributed by atoms with Gasteiger partial charge in [-0.05, 0) is 183 Å². The first-order valence-electron chi connectivity index (χ1n) is 21.1. The van der Waals surface area contributed by atoms with Gasteiger partial charge in [-0.15, -0.1) is 0 Å². The molecule has 0 saturated heterocycles. The zero-order valence-electron chi connectivity index (χ0n) is 35.6. The number of nitrogens with zero attached hydrogens (tertiary/aromatic N) is 2. The molecule has 0 saturated carbocycles. The molecule has 0 aliphatic rings. The first-order valence-corrected chi connectivity index (χ1v) is 21.1. The second-order valence-corrected chi connectivity index (χ2v) is 17.1. The van der Waals surface area contributed by atoms with E-state index in [2.05, 4.69) is 210 Å². The van der Waals surface area contributed by atoms with Crippen molar-refractivity contribution >= 4 is 99.5 Å². The van der Waals surface area contributed by atoms with Crippen molar-refractivity contribution in [2.24, 2.45) is 0 Å². The van der Waals surface area contributed by atoms with Gasteiger partial charge in [0.25, 0.3) is 0 Å². The first kappa shape index (κ1) is 36.8. The largest absolute Gasteiger partial charge is 0.456 e. The Kier molecular flexibility index (Phi) is 8.37. The summed E-state index contributed by atoms with van der Waals surface area (Å²) in [5.74, 6) is 0. The number of aryl methyl sites for hydroxylation is 7. The molecule has 0 aliphatic carbocycles. The third-order valence-corrected chi connectivity index (χ3v) is 12.6. The van der Waals surface area contributed by atoms with E-state index in [0.29, 0.717) is 0 Å². The van der Waals surface area contributed by atoms with Gasteiger partial charge in [-0.2, -0.15) is 0 Å². The van der Waals surface area contributed by atoms with Gasteiger partial charge in [0.2, 0.25) is 0 Å². The monoisotopic (exact) mass is 790 g/mol. The normalized spacial score (nSPS) is 11.9. The molecule has 0 amide bonds. The Labute approximate surface area is 355 Å². The van der Waals surface area contributed by atoms with Crippen molar-refractivity contribution in [1.29, 1.82) is 0 Å². The lowest BCUT2D eigenvalue weighted by Crippen LogP contribution is -2.11. The number of rotatable bonds is 6. The molecule has 4 heteroatoms. The lowest BCUT2D eigenvalue weighted by Gasteiger charge is -2.28. The minimum Gasteiger partial charge on any atom is -0.456 e. The van der Waals surface area contributed by atoms with Gasteiger partial charge < -0.3 is 18.6 Å². The summed E-state index contributed by atoms with van der Waals surface area (Å²) in [5.41, 5.74) is 18.8. The van der Waals surface area contributed by atoms with E-state index in [4.69, 9.17) is 8.83 Å². The van der Waals surface area contributed by atoms with Crippen LogP contribution in [0.1, 0.15) is 38.9 Å². The Morgan fingerprint density at radius 2 is 0.787 bits per heavy atom. The van der Waals surface area contributed by atoms with Crippen molar-refractivity contribution in [1.82, 2.24) is 0 Å². The van der Waals surface area contributed by atoms with Crippen LogP contribution in [0.15, 0.2) is 160 Å². The molecule has 0 fully saturated rings. The van der Waals surface area contributed by atoms with Gasteiger partial charge in [0.05, 0.1) is 0 Å². The number of furan rings is 2. The van der Waals surface area contributed by atoms with Crippen LogP contribution in [0.4, 0.5) is 34.1 Å². The predicted molar refractivity (Wildman–Crippen MR) is 259 cm³/mol. The van der Waals surface area contributed by atoms with E-state index < -0.39 is 0 Å². The van der Waals surface area contributed by atoms with E-state index >= 15 is 0 Å². The van der Waals surface area contributed by atoms with Crippen LogP contribution < -0.4 is 9.80 Å². The maximum absolute atomic E-state index is 6.81. The van der Waals surface area contributed by atoms with Crippen LogP contribution in [0.2, 0.25) is 0 Å². The number of hydrogen-bond donors (Lipinski definition) is 0. The highest BCUT2D eigenvalue weighted by atomic mass is 16.3. The highest BCUT2D eigenvalue weighted by Crippen LogP contribution is 2.45. The second kappa shape index (κ2) is 13.9. The van der Waals surface area contributed by atoms with Crippen molar-refractivity contribution in [2.45, 2.75) is 48.5 Å². The molecule has 61 heavy (non-hydrogen) atoms. The Morgan fingerprint density at radius 3 is 1.31 bits per heavy atom. The smallest absolute Gasteiger partial charge is 0.139 e. The molecule has 0 N–H and O–H groups in total. The van der Waals surface area contributed by atoms with Crippen LogP contribution >= 0.6 is 0 Å². The van der Waals surface area contributed by atoms with Crippen molar-refractivity contribution < 1.29 is 8.83 Å². The van der Waals surface area contributed by atoms with Crippen LogP contribution in [-0.2, 0) is 0 Å². The third-order valence-electron chi connectivity index (χ3n) is 12.6. The summed E-state index contributed by atoms with van der Waals surface area (Å²) >= 11 is 0. The highest BCUT2D eigenvalue weighted by Gasteiger charge is 2.21. The fraction of sp³-hybridized carbons (Fsp3) is 0.123. The summed E-state index contributed by atoms with van der Waals surface area (Å²) < 4.78 is 13.6. The first-order chi connectivity index (χ1) is 29.6. The minimum absolute atomic E-state index is 0.868. The minimum atomic E-state index is 0.868. The van der Waals surface area contributed by atoms with Crippen LogP contribution in [0.5, 0.6) is 0 Å². The molecular formula is C57H46N2O2. The van der Waals surface area contributed by atoms with Crippen molar-refractivity contribution in [2.75, 3.05) is 9.80 Å². The second-order valence-electron chi connectivity index (χ2n) is 17.1. The molecule has 0 spiro atoms. The van der Waals surface area contributed by atoms with E-state index in [1.807, 2.05) is 0 Å². The topological polar surface area (TPSA) is 32.8 Å². The Bertz CT molecular complexity index is 3430. The van der Waals surface area contributed by atoms with Crippen LogP contribution in [0.3, 0.4) is 0 Å². The summed E-state index contributed by atoms with van der Waals surface area (Å²) in [5, 5.41) is 8.92. The molecule has 11 aromatic rings. The maximum atomic E-state index is 6.81. The summed E-state index contributed by atoms with van der Waals surface area (Å²) in [6.45, 7) is 15.1. The SMILES string of the molecule is Cc1ccc(N(c2ccc3cc4c(cc3c2)oc2c(C)c3c(cc24)oc2cc4cc(N(c5ccc(C)cc5)c5cc(C)ccc5C)ccc4cc23)c2cc(C)ccc2C)cc1.